The minimum Gasteiger partial charge on any atom is -0.376 e. The molecule has 1 unspecified atom stereocenters. The minimum absolute atomic E-state index is 0.0407. The molecule has 0 spiro atoms. The Labute approximate surface area is 137 Å². The molecule has 2 rings (SSSR count). The molecule has 1 aliphatic rings. The van der Waals surface area contributed by atoms with Gasteiger partial charge >= 0.3 is 0 Å². The Hall–Kier alpha value is -2.08. The summed E-state index contributed by atoms with van der Waals surface area (Å²) in [6, 6.07) is 10.1. The lowest BCUT2D eigenvalue weighted by Crippen LogP contribution is -2.45. The summed E-state index contributed by atoms with van der Waals surface area (Å²) in [5.74, 6) is 0.583. The van der Waals surface area contributed by atoms with Crippen molar-refractivity contribution in [3.05, 3.63) is 35.9 Å². The largest absolute Gasteiger partial charge is 0.376 e. The predicted octanol–water partition coefficient (Wildman–Crippen LogP) is 0.689. The number of amides is 1. The summed E-state index contributed by atoms with van der Waals surface area (Å²) in [5.41, 5.74) is 1.22. The van der Waals surface area contributed by atoms with Gasteiger partial charge < -0.3 is 20.7 Å². The average Bonchev–Trinajstić information content (AvgIpc) is 3.09. The lowest BCUT2D eigenvalue weighted by Gasteiger charge is -2.15. The Morgan fingerprint density at radius 2 is 2.09 bits per heavy atom. The van der Waals surface area contributed by atoms with E-state index in [1.165, 1.54) is 5.56 Å². The quantitative estimate of drug-likeness (QED) is 0.511. The Bertz CT molecular complexity index is 499. The van der Waals surface area contributed by atoms with Crippen LogP contribution in [0.2, 0.25) is 0 Å². The zero-order valence-corrected chi connectivity index (χ0v) is 13.7. The van der Waals surface area contributed by atoms with Gasteiger partial charge in [-0.2, -0.15) is 0 Å². The summed E-state index contributed by atoms with van der Waals surface area (Å²) in [4.78, 5) is 15.9. The van der Waals surface area contributed by atoms with Gasteiger partial charge in [-0.25, -0.2) is 0 Å². The third-order valence-electron chi connectivity index (χ3n) is 3.74. The van der Waals surface area contributed by atoms with Crippen LogP contribution in [-0.2, 0) is 16.0 Å². The van der Waals surface area contributed by atoms with Crippen LogP contribution in [0.3, 0.4) is 0 Å². The van der Waals surface area contributed by atoms with Crippen molar-refractivity contribution in [2.24, 2.45) is 4.99 Å². The van der Waals surface area contributed by atoms with Gasteiger partial charge in [0.15, 0.2) is 5.96 Å². The third-order valence-corrected chi connectivity index (χ3v) is 3.74. The second-order valence-corrected chi connectivity index (χ2v) is 5.53. The molecule has 23 heavy (non-hydrogen) atoms. The Morgan fingerprint density at radius 3 is 2.78 bits per heavy atom. The molecule has 126 valence electrons. The molecule has 1 amide bonds. The highest BCUT2D eigenvalue weighted by atomic mass is 16.5. The van der Waals surface area contributed by atoms with Crippen molar-refractivity contribution >= 4 is 11.9 Å². The van der Waals surface area contributed by atoms with Crippen LogP contribution >= 0.6 is 0 Å². The standard InChI is InChI=1S/C17H26N4O2/c1-18-17(20-12-15-8-5-11-23-15)21-13-16(22)19-10-9-14-6-3-2-4-7-14/h2-4,6-7,15H,5,8-13H2,1H3,(H,19,22)(H2,18,20,21). The van der Waals surface area contributed by atoms with Crippen LogP contribution in [0.1, 0.15) is 18.4 Å². The average molecular weight is 318 g/mol. The molecule has 1 aromatic carbocycles. The van der Waals surface area contributed by atoms with Crippen molar-refractivity contribution in [1.82, 2.24) is 16.0 Å². The lowest BCUT2D eigenvalue weighted by molar-refractivity contribution is -0.119. The molecule has 3 N–H and O–H groups in total. The highest BCUT2D eigenvalue weighted by Crippen LogP contribution is 2.10. The zero-order valence-electron chi connectivity index (χ0n) is 13.7. The summed E-state index contributed by atoms with van der Waals surface area (Å²) >= 11 is 0. The smallest absolute Gasteiger partial charge is 0.239 e. The maximum Gasteiger partial charge on any atom is 0.239 e. The van der Waals surface area contributed by atoms with Crippen molar-refractivity contribution in [2.75, 3.05) is 33.3 Å². The van der Waals surface area contributed by atoms with Crippen LogP contribution in [0.4, 0.5) is 0 Å². The lowest BCUT2D eigenvalue weighted by atomic mass is 10.1. The fourth-order valence-corrected chi connectivity index (χ4v) is 2.45. The second kappa shape index (κ2) is 9.84. The zero-order chi connectivity index (χ0) is 16.3. The highest BCUT2D eigenvalue weighted by molar-refractivity contribution is 5.86. The maximum absolute atomic E-state index is 11.8. The van der Waals surface area contributed by atoms with Crippen LogP contribution < -0.4 is 16.0 Å². The number of nitrogens with one attached hydrogen (secondary N) is 3. The molecule has 1 fully saturated rings. The number of benzene rings is 1. The summed E-state index contributed by atoms with van der Waals surface area (Å²) in [6.45, 7) is 2.39. The molecule has 6 heteroatoms. The fourth-order valence-electron chi connectivity index (χ4n) is 2.45. The first-order valence-corrected chi connectivity index (χ1v) is 8.14. The summed E-state index contributed by atoms with van der Waals surface area (Å²) in [6.07, 6.45) is 3.26. The van der Waals surface area contributed by atoms with E-state index in [1.54, 1.807) is 7.05 Å². The van der Waals surface area contributed by atoms with Crippen LogP contribution in [0.15, 0.2) is 35.3 Å². The fraction of sp³-hybridized carbons (Fsp3) is 0.529. The predicted molar refractivity (Wildman–Crippen MR) is 91.5 cm³/mol. The number of guanidine groups is 1. The number of ether oxygens (including phenoxy) is 1. The van der Waals surface area contributed by atoms with Gasteiger partial charge in [-0.15, -0.1) is 0 Å². The molecular formula is C17H26N4O2. The van der Waals surface area contributed by atoms with Crippen molar-refractivity contribution in [1.29, 1.82) is 0 Å². The van der Waals surface area contributed by atoms with Gasteiger partial charge in [0.25, 0.3) is 0 Å². The number of hydrogen-bond acceptors (Lipinski definition) is 3. The summed E-state index contributed by atoms with van der Waals surface area (Å²) in [5, 5.41) is 9.09. The Balaban J connectivity index is 1.58. The van der Waals surface area contributed by atoms with E-state index in [-0.39, 0.29) is 18.6 Å². The van der Waals surface area contributed by atoms with E-state index in [9.17, 15) is 4.79 Å². The van der Waals surface area contributed by atoms with Gasteiger partial charge in [-0.1, -0.05) is 30.3 Å². The molecule has 0 radical (unpaired) electrons. The van der Waals surface area contributed by atoms with E-state index in [4.69, 9.17) is 4.74 Å². The van der Waals surface area contributed by atoms with Gasteiger partial charge in [-0.3, -0.25) is 9.79 Å². The molecule has 1 aromatic rings. The monoisotopic (exact) mass is 318 g/mol. The van der Waals surface area contributed by atoms with E-state index in [0.717, 1.165) is 32.4 Å². The molecule has 1 atom stereocenters. The first kappa shape index (κ1) is 17.3. The number of rotatable bonds is 7. The van der Waals surface area contributed by atoms with E-state index in [0.29, 0.717) is 12.5 Å². The topological polar surface area (TPSA) is 74.8 Å². The van der Waals surface area contributed by atoms with Gasteiger partial charge in [0.2, 0.25) is 5.91 Å². The number of hydrogen-bond donors (Lipinski definition) is 3. The van der Waals surface area contributed by atoms with Gasteiger partial charge in [0, 0.05) is 26.7 Å². The molecular weight excluding hydrogens is 292 g/mol. The summed E-state index contributed by atoms with van der Waals surface area (Å²) in [7, 11) is 1.69. The normalized spacial score (nSPS) is 17.8. The van der Waals surface area contributed by atoms with Crippen LogP contribution in [-0.4, -0.2) is 51.3 Å². The highest BCUT2D eigenvalue weighted by Gasteiger charge is 2.15. The van der Waals surface area contributed by atoms with E-state index in [1.807, 2.05) is 18.2 Å². The van der Waals surface area contributed by atoms with E-state index in [2.05, 4.69) is 33.1 Å². The van der Waals surface area contributed by atoms with Crippen molar-refractivity contribution in [2.45, 2.75) is 25.4 Å². The molecule has 6 nitrogen and oxygen atoms in total. The van der Waals surface area contributed by atoms with Crippen LogP contribution in [0, 0.1) is 0 Å². The van der Waals surface area contributed by atoms with Crippen molar-refractivity contribution < 1.29 is 9.53 Å². The molecule has 1 aliphatic heterocycles. The summed E-state index contributed by atoms with van der Waals surface area (Å²) < 4.78 is 5.54. The Morgan fingerprint density at radius 1 is 1.26 bits per heavy atom. The molecule has 0 aliphatic carbocycles. The first-order valence-electron chi connectivity index (χ1n) is 8.14. The van der Waals surface area contributed by atoms with Crippen LogP contribution in [0.25, 0.3) is 0 Å². The van der Waals surface area contributed by atoms with Gasteiger partial charge in [-0.05, 0) is 24.8 Å². The van der Waals surface area contributed by atoms with Gasteiger partial charge in [0.1, 0.15) is 0 Å². The molecule has 1 saturated heterocycles. The van der Waals surface area contributed by atoms with Crippen LogP contribution in [0.5, 0.6) is 0 Å². The van der Waals surface area contributed by atoms with Gasteiger partial charge in [0.05, 0.1) is 12.6 Å². The third kappa shape index (κ3) is 6.69. The number of aliphatic imine (C=N–C) groups is 1. The molecule has 0 saturated carbocycles. The van der Waals surface area contributed by atoms with E-state index < -0.39 is 0 Å². The van der Waals surface area contributed by atoms with E-state index >= 15 is 0 Å². The molecule has 0 aromatic heterocycles. The number of carbonyl (C=O) groups is 1. The van der Waals surface area contributed by atoms with Crippen molar-refractivity contribution in [3.63, 3.8) is 0 Å². The Kier molecular flexibility index (Phi) is 7.39. The number of carbonyl (C=O) groups excluding carboxylic acids is 1. The first-order chi connectivity index (χ1) is 11.3. The van der Waals surface area contributed by atoms with Crippen molar-refractivity contribution in [3.8, 4) is 0 Å². The molecule has 1 heterocycles. The number of nitrogens with zero attached hydrogens (tertiary/aromatic N) is 1. The minimum atomic E-state index is -0.0407. The SMILES string of the molecule is CN=C(NCC(=O)NCCc1ccccc1)NCC1CCCO1. The molecule has 0 bridgehead atoms. The second-order valence-electron chi connectivity index (χ2n) is 5.53. The maximum atomic E-state index is 11.8.